The summed E-state index contributed by atoms with van der Waals surface area (Å²) in [5.41, 5.74) is 1.69. The lowest BCUT2D eigenvalue weighted by Crippen LogP contribution is -2.24. The second-order valence-electron chi connectivity index (χ2n) is 4.60. The minimum atomic E-state index is -0.270. The van der Waals surface area contributed by atoms with Gasteiger partial charge in [0.15, 0.2) is 0 Å². The Morgan fingerprint density at radius 1 is 1.30 bits per heavy atom. The van der Waals surface area contributed by atoms with Crippen LogP contribution in [0.5, 0.6) is 11.5 Å². The predicted molar refractivity (Wildman–Crippen MR) is 75.9 cm³/mol. The van der Waals surface area contributed by atoms with Gasteiger partial charge in [-0.1, -0.05) is 18.2 Å². The van der Waals surface area contributed by atoms with Crippen LogP contribution in [0.4, 0.5) is 10.1 Å². The molecule has 1 N–H and O–H groups in total. The van der Waals surface area contributed by atoms with Gasteiger partial charge in [-0.05, 0) is 25.1 Å². The SMILES string of the molecule is CCOc1ccccc1C1CNc2cc(F)ccc2O1. The fraction of sp³-hybridized carbons (Fsp3) is 0.250. The van der Waals surface area contributed by atoms with Gasteiger partial charge in [0.05, 0.1) is 18.8 Å². The van der Waals surface area contributed by atoms with Crippen molar-refractivity contribution in [3.05, 3.63) is 53.8 Å². The molecule has 1 heterocycles. The van der Waals surface area contributed by atoms with Crippen LogP contribution < -0.4 is 14.8 Å². The van der Waals surface area contributed by atoms with Gasteiger partial charge < -0.3 is 14.8 Å². The molecule has 0 saturated carbocycles. The first-order chi connectivity index (χ1) is 9.78. The third-order valence-corrected chi connectivity index (χ3v) is 3.25. The summed E-state index contributed by atoms with van der Waals surface area (Å²) in [6, 6.07) is 12.3. The zero-order valence-electron chi connectivity index (χ0n) is 11.2. The van der Waals surface area contributed by atoms with Crippen LogP contribution in [0.1, 0.15) is 18.6 Å². The van der Waals surface area contributed by atoms with Gasteiger partial charge in [0.1, 0.15) is 23.4 Å². The minimum Gasteiger partial charge on any atom is -0.493 e. The highest BCUT2D eigenvalue weighted by Crippen LogP contribution is 2.37. The average Bonchev–Trinajstić information content (AvgIpc) is 2.48. The molecule has 1 aliphatic rings. The number of nitrogens with one attached hydrogen (secondary N) is 1. The number of hydrogen-bond donors (Lipinski definition) is 1. The summed E-state index contributed by atoms with van der Waals surface area (Å²) in [6.07, 6.45) is -0.143. The average molecular weight is 273 g/mol. The van der Waals surface area contributed by atoms with Gasteiger partial charge in [-0.25, -0.2) is 4.39 Å². The molecule has 0 aromatic heterocycles. The molecule has 0 amide bonds. The third kappa shape index (κ3) is 2.41. The van der Waals surface area contributed by atoms with Crippen LogP contribution in [-0.4, -0.2) is 13.2 Å². The van der Waals surface area contributed by atoms with Gasteiger partial charge in [0.2, 0.25) is 0 Å². The summed E-state index contributed by atoms with van der Waals surface area (Å²) in [5.74, 6) is 1.22. The van der Waals surface area contributed by atoms with E-state index in [2.05, 4.69) is 5.32 Å². The Bertz CT molecular complexity index is 615. The largest absolute Gasteiger partial charge is 0.493 e. The van der Waals surface area contributed by atoms with Gasteiger partial charge in [0.25, 0.3) is 0 Å². The van der Waals surface area contributed by atoms with Crippen molar-refractivity contribution in [1.82, 2.24) is 0 Å². The molecule has 2 aromatic rings. The maximum absolute atomic E-state index is 13.2. The van der Waals surface area contributed by atoms with Gasteiger partial charge in [-0.3, -0.25) is 0 Å². The molecule has 0 aliphatic carbocycles. The fourth-order valence-electron chi connectivity index (χ4n) is 2.35. The Labute approximate surface area is 117 Å². The van der Waals surface area contributed by atoms with Gasteiger partial charge in [0, 0.05) is 11.6 Å². The standard InChI is InChI=1S/C16H16FNO2/c1-2-19-14-6-4-3-5-12(14)16-10-18-13-9-11(17)7-8-15(13)20-16/h3-9,16,18H,2,10H2,1H3. The number of halogens is 1. The number of ether oxygens (including phenoxy) is 2. The second-order valence-corrected chi connectivity index (χ2v) is 4.60. The molecule has 1 unspecified atom stereocenters. The highest BCUT2D eigenvalue weighted by molar-refractivity contribution is 5.58. The molecule has 104 valence electrons. The van der Waals surface area contributed by atoms with Crippen molar-refractivity contribution in [1.29, 1.82) is 0 Å². The van der Waals surface area contributed by atoms with E-state index in [4.69, 9.17) is 9.47 Å². The lowest BCUT2D eigenvalue weighted by molar-refractivity contribution is 0.202. The number of hydrogen-bond acceptors (Lipinski definition) is 3. The van der Waals surface area contributed by atoms with Crippen molar-refractivity contribution in [3.63, 3.8) is 0 Å². The fourth-order valence-corrected chi connectivity index (χ4v) is 2.35. The summed E-state index contributed by atoms with van der Waals surface area (Å²) in [4.78, 5) is 0. The number of anilines is 1. The van der Waals surface area contributed by atoms with Crippen LogP contribution >= 0.6 is 0 Å². The van der Waals surface area contributed by atoms with Crippen molar-refractivity contribution < 1.29 is 13.9 Å². The molecular weight excluding hydrogens is 257 g/mol. The molecular formula is C16H16FNO2. The molecule has 1 atom stereocenters. The van der Waals surface area contributed by atoms with Gasteiger partial charge in [-0.15, -0.1) is 0 Å². The quantitative estimate of drug-likeness (QED) is 0.923. The molecule has 20 heavy (non-hydrogen) atoms. The van der Waals surface area contributed by atoms with Crippen LogP contribution in [0.2, 0.25) is 0 Å². The second kappa shape index (κ2) is 5.41. The van der Waals surface area contributed by atoms with Gasteiger partial charge in [-0.2, -0.15) is 0 Å². The van der Waals surface area contributed by atoms with E-state index in [1.807, 2.05) is 31.2 Å². The molecule has 4 heteroatoms. The topological polar surface area (TPSA) is 30.5 Å². The number of benzene rings is 2. The first-order valence-corrected chi connectivity index (χ1v) is 6.69. The predicted octanol–water partition coefficient (Wildman–Crippen LogP) is 3.77. The van der Waals surface area contributed by atoms with E-state index in [0.717, 1.165) is 11.3 Å². The van der Waals surface area contributed by atoms with Crippen LogP contribution in [0, 0.1) is 5.82 Å². The van der Waals surface area contributed by atoms with E-state index in [1.165, 1.54) is 12.1 Å². The van der Waals surface area contributed by atoms with E-state index in [-0.39, 0.29) is 11.9 Å². The summed E-state index contributed by atoms with van der Waals surface area (Å²) in [6.45, 7) is 3.15. The van der Waals surface area contributed by atoms with Crippen molar-refractivity contribution in [3.8, 4) is 11.5 Å². The Hall–Kier alpha value is -2.23. The molecule has 0 spiro atoms. The van der Waals surface area contributed by atoms with E-state index in [0.29, 0.717) is 24.6 Å². The molecule has 0 radical (unpaired) electrons. The molecule has 0 saturated heterocycles. The van der Waals surface area contributed by atoms with Crippen LogP contribution in [0.15, 0.2) is 42.5 Å². The smallest absolute Gasteiger partial charge is 0.145 e. The summed E-state index contributed by atoms with van der Waals surface area (Å²) < 4.78 is 24.7. The van der Waals surface area contributed by atoms with Crippen molar-refractivity contribution in [2.24, 2.45) is 0 Å². The van der Waals surface area contributed by atoms with E-state index in [1.54, 1.807) is 6.07 Å². The van der Waals surface area contributed by atoms with E-state index >= 15 is 0 Å². The van der Waals surface area contributed by atoms with Crippen molar-refractivity contribution in [2.75, 3.05) is 18.5 Å². The molecule has 0 fully saturated rings. The third-order valence-electron chi connectivity index (χ3n) is 3.25. The highest BCUT2D eigenvalue weighted by Gasteiger charge is 2.23. The van der Waals surface area contributed by atoms with Gasteiger partial charge >= 0.3 is 0 Å². The van der Waals surface area contributed by atoms with Crippen LogP contribution in [0.3, 0.4) is 0 Å². The molecule has 0 bridgehead atoms. The van der Waals surface area contributed by atoms with E-state index in [9.17, 15) is 4.39 Å². The lowest BCUT2D eigenvalue weighted by Gasteiger charge is -2.28. The normalized spacial score (nSPS) is 16.8. The highest BCUT2D eigenvalue weighted by atomic mass is 19.1. The molecule has 1 aliphatic heterocycles. The lowest BCUT2D eigenvalue weighted by atomic mass is 10.1. The monoisotopic (exact) mass is 273 g/mol. The zero-order valence-corrected chi connectivity index (χ0v) is 11.2. The number of fused-ring (bicyclic) bond motifs is 1. The maximum atomic E-state index is 13.2. The Morgan fingerprint density at radius 2 is 2.15 bits per heavy atom. The Morgan fingerprint density at radius 3 is 3.00 bits per heavy atom. The first-order valence-electron chi connectivity index (χ1n) is 6.69. The number of para-hydroxylation sites is 1. The minimum absolute atomic E-state index is 0.143. The summed E-state index contributed by atoms with van der Waals surface area (Å²) in [5, 5.41) is 3.20. The Balaban J connectivity index is 1.88. The maximum Gasteiger partial charge on any atom is 0.145 e. The first kappa shape index (κ1) is 12.8. The van der Waals surface area contributed by atoms with Crippen molar-refractivity contribution >= 4 is 5.69 Å². The van der Waals surface area contributed by atoms with Crippen molar-refractivity contribution in [2.45, 2.75) is 13.0 Å². The molecule has 2 aromatic carbocycles. The van der Waals surface area contributed by atoms with E-state index < -0.39 is 0 Å². The van der Waals surface area contributed by atoms with Crippen LogP contribution in [0.25, 0.3) is 0 Å². The zero-order chi connectivity index (χ0) is 13.9. The summed E-state index contributed by atoms with van der Waals surface area (Å²) in [7, 11) is 0. The Kier molecular flexibility index (Phi) is 3.46. The van der Waals surface area contributed by atoms with Crippen LogP contribution in [-0.2, 0) is 0 Å². The molecule has 3 rings (SSSR count). The molecule has 3 nitrogen and oxygen atoms in total. The summed E-state index contributed by atoms with van der Waals surface area (Å²) >= 11 is 0. The number of rotatable bonds is 3.